The molecule has 0 unspecified atom stereocenters. The van der Waals surface area contributed by atoms with Gasteiger partial charge >= 0.3 is 0 Å². The summed E-state index contributed by atoms with van der Waals surface area (Å²) in [6.07, 6.45) is 0.950. The highest BCUT2D eigenvalue weighted by molar-refractivity contribution is 8.00. The van der Waals surface area contributed by atoms with E-state index in [1.807, 2.05) is 18.2 Å². The van der Waals surface area contributed by atoms with Gasteiger partial charge in [0.05, 0.1) is 12.0 Å². The van der Waals surface area contributed by atoms with Crippen molar-refractivity contribution in [3.8, 4) is 11.5 Å². The van der Waals surface area contributed by atoms with Crippen LogP contribution in [0.1, 0.15) is 18.4 Å². The van der Waals surface area contributed by atoms with Crippen LogP contribution >= 0.6 is 11.8 Å². The van der Waals surface area contributed by atoms with Crippen molar-refractivity contribution in [3.63, 3.8) is 0 Å². The van der Waals surface area contributed by atoms with Crippen LogP contribution in [0.25, 0.3) is 0 Å². The SMILES string of the molecule is O=C([O-])[C@H]1CS[C@]2(c3ccc4c(c3)OCCO4)CCC(=O)N12. The van der Waals surface area contributed by atoms with Crippen LogP contribution in [0.3, 0.4) is 0 Å². The zero-order chi connectivity index (χ0) is 15.3. The number of aliphatic carboxylic acids is 1. The fraction of sp³-hybridized carbons (Fsp3) is 0.467. The molecule has 3 aliphatic rings. The average molecular weight is 320 g/mol. The number of hydrogen-bond donors (Lipinski definition) is 0. The zero-order valence-corrected chi connectivity index (χ0v) is 12.6. The van der Waals surface area contributed by atoms with Crippen LogP contribution in [-0.4, -0.2) is 41.8 Å². The van der Waals surface area contributed by atoms with Crippen molar-refractivity contribution >= 4 is 23.6 Å². The highest BCUT2D eigenvalue weighted by Gasteiger charge is 2.55. The summed E-state index contributed by atoms with van der Waals surface area (Å²) in [5.74, 6) is 0.357. The van der Waals surface area contributed by atoms with Gasteiger partial charge in [0, 0.05) is 12.2 Å². The fourth-order valence-electron chi connectivity index (χ4n) is 3.40. The maximum atomic E-state index is 12.2. The van der Waals surface area contributed by atoms with Crippen LogP contribution in [-0.2, 0) is 14.5 Å². The Morgan fingerprint density at radius 1 is 1.32 bits per heavy atom. The maximum Gasteiger partial charge on any atom is 0.224 e. The molecule has 3 aliphatic heterocycles. The fourth-order valence-corrected chi connectivity index (χ4v) is 5.03. The largest absolute Gasteiger partial charge is 0.548 e. The lowest BCUT2D eigenvalue weighted by Crippen LogP contribution is -2.50. The highest BCUT2D eigenvalue weighted by Crippen LogP contribution is 2.55. The van der Waals surface area contributed by atoms with E-state index >= 15 is 0 Å². The molecule has 0 aromatic heterocycles. The summed E-state index contributed by atoms with van der Waals surface area (Å²) in [6.45, 7) is 1.00. The summed E-state index contributed by atoms with van der Waals surface area (Å²) in [7, 11) is 0. The number of carboxylic acid groups (broad SMARTS) is 1. The molecular formula is C15H14NO5S-. The molecule has 0 bridgehead atoms. The van der Waals surface area contributed by atoms with Gasteiger partial charge in [-0.05, 0) is 24.1 Å². The summed E-state index contributed by atoms with van der Waals surface area (Å²) in [5.41, 5.74) is 0.886. The number of hydrogen-bond acceptors (Lipinski definition) is 6. The van der Waals surface area contributed by atoms with Crippen molar-refractivity contribution in [3.05, 3.63) is 23.8 Å². The second-order valence-corrected chi connectivity index (χ2v) is 6.85. The van der Waals surface area contributed by atoms with Gasteiger partial charge in [-0.2, -0.15) is 0 Å². The molecule has 7 heteroatoms. The Hall–Kier alpha value is -1.89. The summed E-state index contributed by atoms with van der Waals surface area (Å²) in [5, 5.41) is 11.3. The molecule has 0 aliphatic carbocycles. The number of benzene rings is 1. The molecule has 0 N–H and O–H groups in total. The highest BCUT2D eigenvalue weighted by atomic mass is 32.2. The van der Waals surface area contributed by atoms with Gasteiger partial charge < -0.3 is 24.3 Å². The zero-order valence-electron chi connectivity index (χ0n) is 11.7. The number of amides is 1. The molecule has 0 radical (unpaired) electrons. The predicted octanol–water partition coefficient (Wildman–Crippen LogP) is 0.0983. The van der Waals surface area contributed by atoms with Gasteiger partial charge in [-0.25, -0.2) is 0 Å². The van der Waals surface area contributed by atoms with E-state index in [1.165, 1.54) is 16.7 Å². The molecular weight excluding hydrogens is 306 g/mol. The third kappa shape index (κ3) is 1.81. The second-order valence-electron chi connectivity index (χ2n) is 5.55. The summed E-state index contributed by atoms with van der Waals surface area (Å²) >= 11 is 1.49. The lowest BCUT2D eigenvalue weighted by Gasteiger charge is -2.35. The first kappa shape index (κ1) is 13.8. The first-order valence-corrected chi connectivity index (χ1v) is 8.17. The third-order valence-electron chi connectivity index (χ3n) is 4.39. The average Bonchev–Trinajstić information content (AvgIpc) is 3.06. The molecule has 6 nitrogen and oxygen atoms in total. The van der Waals surface area contributed by atoms with E-state index in [9.17, 15) is 14.7 Å². The third-order valence-corrected chi connectivity index (χ3v) is 5.99. The number of carbonyl (C=O) groups excluding carboxylic acids is 2. The lowest BCUT2D eigenvalue weighted by atomic mass is 10.0. The molecule has 2 saturated heterocycles. The summed E-state index contributed by atoms with van der Waals surface area (Å²) in [4.78, 5) is 24.4. The van der Waals surface area contributed by atoms with Gasteiger partial charge in [0.25, 0.3) is 0 Å². The minimum Gasteiger partial charge on any atom is -0.548 e. The first-order valence-electron chi connectivity index (χ1n) is 7.19. The number of rotatable bonds is 2. The number of thioether (sulfide) groups is 1. The van der Waals surface area contributed by atoms with Crippen LogP contribution in [0, 0.1) is 0 Å². The normalized spacial score (nSPS) is 29.5. The van der Waals surface area contributed by atoms with Gasteiger partial charge in [0.2, 0.25) is 5.91 Å². The Morgan fingerprint density at radius 2 is 2.09 bits per heavy atom. The number of ether oxygens (including phenoxy) is 2. The van der Waals surface area contributed by atoms with E-state index in [-0.39, 0.29) is 5.91 Å². The van der Waals surface area contributed by atoms with Crippen LogP contribution in [0.2, 0.25) is 0 Å². The minimum absolute atomic E-state index is 0.130. The number of fused-ring (bicyclic) bond motifs is 2. The minimum atomic E-state index is -1.19. The predicted molar refractivity (Wildman–Crippen MR) is 76.4 cm³/mol. The van der Waals surface area contributed by atoms with E-state index in [0.29, 0.717) is 43.3 Å². The maximum absolute atomic E-state index is 12.2. The van der Waals surface area contributed by atoms with Crippen LogP contribution in [0.15, 0.2) is 18.2 Å². The standard InChI is InChI=1S/C15H15NO5S/c17-13-3-4-15(16(13)10(8-22-15)14(18)19)9-1-2-11-12(7-9)21-6-5-20-11/h1-2,7,10H,3-6,8H2,(H,18,19)/p-1/t10-,15+/m1/s1. The molecule has 22 heavy (non-hydrogen) atoms. The Morgan fingerprint density at radius 3 is 2.86 bits per heavy atom. The molecule has 2 fully saturated rings. The Bertz CT molecular complexity index is 663. The molecule has 1 aromatic rings. The molecule has 3 heterocycles. The van der Waals surface area contributed by atoms with Gasteiger partial charge in [-0.3, -0.25) is 4.79 Å². The Balaban J connectivity index is 1.77. The van der Waals surface area contributed by atoms with Crippen molar-refractivity contribution in [2.75, 3.05) is 19.0 Å². The number of carboxylic acids is 1. The van der Waals surface area contributed by atoms with E-state index in [0.717, 1.165) is 5.56 Å². The first-order chi connectivity index (χ1) is 10.6. The second kappa shape index (κ2) is 4.81. The van der Waals surface area contributed by atoms with Crippen LogP contribution in [0.4, 0.5) is 0 Å². The molecule has 1 amide bonds. The Kier molecular flexibility index (Phi) is 3.00. The quantitative estimate of drug-likeness (QED) is 0.769. The van der Waals surface area contributed by atoms with E-state index < -0.39 is 16.9 Å². The molecule has 116 valence electrons. The topological polar surface area (TPSA) is 78.9 Å². The number of nitrogens with zero attached hydrogens (tertiary/aromatic N) is 1. The van der Waals surface area contributed by atoms with Crippen molar-refractivity contribution < 1.29 is 24.2 Å². The van der Waals surface area contributed by atoms with Crippen LogP contribution in [0.5, 0.6) is 11.5 Å². The molecule has 4 rings (SSSR count). The van der Waals surface area contributed by atoms with Gasteiger partial charge in [-0.15, -0.1) is 11.8 Å². The summed E-state index contributed by atoms with van der Waals surface area (Å²) in [6, 6.07) is 4.72. The molecule has 1 aromatic carbocycles. The number of carbonyl (C=O) groups is 2. The Labute approximate surface area is 131 Å². The van der Waals surface area contributed by atoms with E-state index in [2.05, 4.69) is 0 Å². The molecule has 0 spiro atoms. The smallest absolute Gasteiger partial charge is 0.224 e. The van der Waals surface area contributed by atoms with Gasteiger partial charge in [-0.1, -0.05) is 6.07 Å². The molecule has 2 atom stereocenters. The molecule has 0 saturated carbocycles. The van der Waals surface area contributed by atoms with E-state index in [4.69, 9.17) is 9.47 Å². The van der Waals surface area contributed by atoms with Crippen LogP contribution < -0.4 is 14.6 Å². The monoisotopic (exact) mass is 320 g/mol. The summed E-state index contributed by atoms with van der Waals surface area (Å²) < 4.78 is 11.1. The van der Waals surface area contributed by atoms with E-state index in [1.54, 1.807) is 0 Å². The van der Waals surface area contributed by atoms with Crippen molar-refractivity contribution in [2.45, 2.75) is 23.8 Å². The van der Waals surface area contributed by atoms with Gasteiger partial charge in [0.1, 0.15) is 18.1 Å². The lowest BCUT2D eigenvalue weighted by molar-refractivity contribution is -0.310. The van der Waals surface area contributed by atoms with Crippen molar-refractivity contribution in [1.29, 1.82) is 0 Å². The van der Waals surface area contributed by atoms with Crippen molar-refractivity contribution in [2.24, 2.45) is 0 Å². The van der Waals surface area contributed by atoms with Crippen molar-refractivity contribution in [1.82, 2.24) is 4.90 Å². The van der Waals surface area contributed by atoms with Gasteiger partial charge in [0.15, 0.2) is 11.5 Å².